The number of hydrogen-bond acceptors (Lipinski definition) is 8. The summed E-state index contributed by atoms with van der Waals surface area (Å²) in [5.41, 5.74) is 0. The molecule has 5 amide bonds. The Morgan fingerprint density at radius 1 is 0.848 bits per heavy atom. The Labute approximate surface area is 193 Å². The van der Waals surface area contributed by atoms with Crippen LogP contribution in [0, 0.1) is 0 Å². The monoisotopic (exact) mass is 470 g/mol. The fourth-order valence-corrected chi connectivity index (χ4v) is 2.63. The predicted octanol–water partition coefficient (Wildman–Crippen LogP) is -1.50. The summed E-state index contributed by atoms with van der Waals surface area (Å²) in [6.07, 6.45) is 2.55. The van der Waals surface area contributed by atoms with Crippen LogP contribution in [0.5, 0.6) is 0 Å². The van der Waals surface area contributed by atoms with Crippen LogP contribution in [0.3, 0.4) is 0 Å². The molecule has 0 aliphatic carbocycles. The molecule has 0 saturated heterocycles. The number of rotatable bonds is 18. The van der Waals surface area contributed by atoms with Gasteiger partial charge in [-0.2, -0.15) is 0 Å². The fourth-order valence-electron chi connectivity index (χ4n) is 2.63. The highest BCUT2D eigenvalue weighted by Gasteiger charge is 2.23. The van der Waals surface area contributed by atoms with E-state index in [9.17, 15) is 24.0 Å². The number of hydrogen-bond donors (Lipinski definition) is 3. The van der Waals surface area contributed by atoms with Crippen molar-refractivity contribution in [3.8, 4) is 0 Å². The molecule has 0 radical (unpaired) electrons. The third-order valence-electron chi connectivity index (χ3n) is 4.37. The minimum atomic E-state index is -0.585. The molecule has 1 aliphatic heterocycles. The summed E-state index contributed by atoms with van der Waals surface area (Å²) in [6.45, 7) is 6.20. The number of likely N-dealkylation sites (N-methyl/N-ethyl adjacent to an activating group) is 1. The van der Waals surface area contributed by atoms with Gasteiger partial charge >= 0.3 is 0 Å². The van der Waals surface area contributed by atoms with Gasteiger partial charge in [0.05, 0.1) is 39.6 Å². The van der Waals surface area contributed by atoms with E-state index >= 15 is 0 Å². The van der Waals surface area contributed by atoms with Gasteiger partial charge in [-0.1, -0.05) is 0 Å². The number of amides is 5. The molecular formula is C21H34N4O8. The van der Waals surface area contributed by atoms with Crippen molar-refractivity contribution in [2.75, 3.05) is 59.3 Å². The molecule has 0 spiro atoms. The highest BCUT2D eigenvalue weighted by Crippen LogP contribution is 2.03. The summed E-state index contributed by atoms with van der Waals surface area (Å²) < 4.78 is 16.0. The summed E-state index contributed by atoms with van der Waals surface area (Å²) in [5, 5.41) is 7.87. The summed E-state index contributed by atoms with van der Waals surface area (Å²) >= 11 is 0. The lowest BCUT2D eigenvalue weighted by Gasteiger charge is -2.13. The van der Waals surface area contributed by atoms with Gasteiger partial charge in [-0.05, 0) is 13.8 Å². The Bertz CT molecular complexity index is 680. The third-order valence-corrected chi connectivity index (χ3v) is 4.37. The molecule has 1 unspecified atom stereocenters. The molecule has 0 aromatic heterocycles. The van der Waals surface area contributed by atoms with E-state index in [-0.39, 0.29) is 43.7 Å². The second-order valence-corrected chi connectivity index (χ2v) is 7.03. The molecule has 1 heterocycles. The first-order chi connectivity index (χ1) is 15.8. The van der Waals surface area contributed by atoms with E-state index < -0.39 is 17.9 Å². The van der Waals surface area contributed by atoms with Gasteiger partial charge in [0.2, 0.25) is 17.7 Å². The van der Waals surface area contributed by atoms with E-state index in [1.165, 1.54) is 12.2 Å². The van der Waals surface area contributed by atoms with Gasteiger partial charge in [-0.25, -0.2) is 0 Å². The smallest absolute Gasteiger partial charge is 0.253 e. The minimum Gasteiger partial charge on any atom is -0.379 e. The highest BCUT2D eigenvalue weighted by atomic mass is 16.5. The number of nitrogens with zero attached hydrogens (tertiary/aromatic N) is 1. The molecule has 12 heteroatoms. The number of carbonyl (C=O) groups is 5. The maximum Gasteiger partial charge on any atom is 0.253 e. The molecule has 186 valence electrons. The standard InChI is InChI=1S/C21H34N4O8/c1-3-22-21(30)16(2)24-18(27)7-10-31-12-14-33-15-13-32-11-8-23-17(26)6-9-25-19(28)4-5-20(25)29/h4-5,16H,3,6-15H2,1-2H3,(H,22,30)(H,23,26)(H,24,27). The average Bonchev–Trinajstić information content (AvgIpc) is 3.10. The van der Waals surface area contributed by atoms with E-state index in [1.54, 1.807) is 6.92 Å². The molecule has 1 aliphatic rings. The van der Waals surface area contributed by atoms with Crippen molar-refractivity contribution in [1.82, 2.24) is 20.9 Å². The van der Waals surface area contributed by atoms with Crippen LogP contribution in [0.2, 0.25) is 0 Å². The second kappa shape index (κ2) is 16.8. The maximum atomic E-state index is 11.7. The molecule has 3 N–H and O–H groups in total. The zero-order valence-corrected chi connectivity index (χ0v) is 19.2. The van der Waals surface area contributed by atoms with Crippen LogP contribution in [0.15, 0.2) is 12.2 Å². The van der Waals surface area contributed by atoms with Crippen LogP contribution in [-0.4, -0.2) is 99.8 Å². The molecule has 1 atom stereocenters. The van der Waals surface area contributed by atoms with Crippen LogP contribution < -0.4 is 16.0 Å². The fraction of sp³-hybridized carbons (Fsp3) is 0.667. The maximum absolute atomic E-state index is 11.7. The Kier molecular flexibility index (Phi) is 14.3. The number of imide groups is 1. The van der Waals surface area contributed by atoms with Gasteiger partial charge in [0, 0.05) is 44.6 Å². The van der Waals surface area contributed by atoms with Gasteiger partial charge in [0.25, 0.3) is 11.8 Å². The molecule has 1 rings (SSSR count). The van der Waals surface area contributed by atoms with Crippen molar-refractivity contribution in [3.05, 3.63) is 12.2 Å². The SMILES string of the molecule is CCNC(=O)C(C)NC(=O)CCOCCOCCOCCNC(=O)CCN1C(=O)C=CC1=O. The van der Waals surface area contributed by atoms with Crippen LogP contribution >= 0.6 is 0 Å². The Balaban J connectivity index is 1.87. The van der Waals surface area contributed by atoms with Gasteiger partial charge in [0.15, 0.2) is 0 Å². The van der Waals surface area contributed by atoms with Gasteiger partial charge in [0.1, 0.15) is 6.04 Å². The summed E-state index contributed by atoms with van der Waals surface area (Å²) in [4.78, 5) is 58.7. The summed E-state index contributed by atoms with van der Waals surface area (Å²) in [7, 11) is 0. The lowest BCUT2D eigenvalue weighted by atomic mass is 10.3. The van der Waals surface area contributed by atoms with E-state index in [1.807, 2.05) is 6.92 Å². The molecule has 33 heavy (non-hydrogen) atoms. The topological polar surface area (TPSA) is 152 Å². The normalized spacial score (nSPS) is 13.8. The van der Waals surface area contributed by atoms with Gasteiger partial charge < -0.3 is 30.2 Å². The minimum absolute atomic E-state index is 0.0388. The van der Waals surface area contributed by atoms with Crippen LogP contribution in [0.1, 0.15) is 26.7 Å². The van der Waals surface area contributed by atoms with Gasteiger partial charge in [-0.15, -0.1) is 0 Å². The largest absolute Gasteiger partial charge is 0.379 e. The van der Waals surface area contributed by atoms with Crippen molar-refractivity contribution in [2.24, 2.45) is 0 Å². The first-order valence-corrected chi connectivity index (χ1v) is 11.0. The first kappa shape index (κ1) is 28.2. The summed E-state index contributed by atoms with van der Waals surface area (Å²) in [6, 6.07) is -0.585. The highest BCUT2D eigenvalue weighted by molar-refractivity contribution is 6.13. The molecule has 0 aromatic rings. The van der Waals surface area contributed by atoms with Crippen LogP contribution in [-0.2, 0) is 38.2 Å². The van der Waals surface area contributed by atoms with Crippen molar-refractivity contribution in [3.63, 3.8) is 0 Å². The zero-order valence-electron chi connectivity index (χ0n) is 19.2. The lowest BCUT2D eigenvalue weighted by Crippen LogP contribution is -2.44. The van der Waals surface area contributed by atoms with Crippen LogP contribution in [0.25, 0.3) is 0 Å². The van der Waals surface area contributed by atoms with E-state index in [4.69, 9.17) is 14.2 Å². The molecule has 0 aromatic carbocycles. The van der Waals surface area contributed by atoms with Gasteiger partial charge in [-0.3, -0.25) is 28.9 Å². The van der Waals surface area contributed by atoms with E-state index in [0.717, 1.165) is 4.90 Å². The van der Waals surface area contributed by atoms with E-state index in [0.29, 0.717) is 46.1 Å². The molecule has 0 bridgehead atoms. The second-order valence-electron chi connectivity index (χ2n) is 7.03. The molecule has 12 nitrogen and oxygen atoms in total. The number of ether oxygens (including phenoxy) is 3. The quantitative estimate of drug-likeness (QED) is 0.162. The predicted molar refractivity (Wildman–Crippen MR) is 117 cm³/mol. The summed E-state index contributed by atoms with van der Waals surface area (Å²) in [5.74, 6) is -1.57. The Hall–Kier alpha value is -2.83. The third kappa shape index (κ3) is 12.7. The number of nitrogens with one attached hydrogen (secondary N) is 3. The molecule has 0 fully saturated rings. The molecular weight excluding hydrogens is 436 g/mol. The number of carbonyl (C=O) groups excluding carboxylic acids is 5. The van der Waals surface area contributed by atoms with Crippen LogP contribution in [0.4, 0.5) is 0 Å². The zero-order chi connectivity index (χ0) is 24.5. The Morgan fingerprint density at radius 2 is 1.42 bits per heavy atom. The van der Waals surface area contributed by atoms with Crippen molar-refractivity contribution >= 4 is 29.5 Å². The van der Waals surface area contributed by atoms with E-state index in [2.05, 4.69) is 16.0 Å². The first-order valence-electron chi connectivity index (χ1n) is 11.0. The van der Waals surface area contributed by atoms with Crippen molar-refractivity contribution in [2.45, 2.75) is 32.7 Å². The molecule has 0 saturated carbocycles. The lowest BCUT2D eigenvalue weighted by molar-refractivity contribution is -0.137. The Morgan fingerprint density at radius 3 is 2.03 bits per heavy atom. The average molecular weight is 471 g/mol. The van der Waals surface area contributed by atoms with Crippen molar-refractivity contribution in [1.29, 1.82) is 0 Å². The van der Waals surface area contributed by atoms with Crippen molar-refractivity contribution < 1.29 is 38.2 Å².